The van der Waals surface area contributed by atoms with Crippen molar-refractivity contribution in [2.24, 2.45) is 5.92 Å². The third-order valence-electron chi connectivity index (χ3n) is 5.05. The van der Waals surface area contributed by atoms with E-state index in [0.717, 1.165) is 22.6 Å². The van der Waals surface area contributed by atoms with Gasteiger partial charge in [0.25, 0.3) is 0 Å². The van der Waals surface area contributed by atoms with Gasteiger partial charge in [0, 0.05) is 23.6 Å². The van der Waals surface area contributed by atoms with Crippen LogP contribution in [0, 0.1) is 17.8 Å². The molecule has 2 fully saturated rings. The summed E-state index contributed by atoms with van der Waals surface area (Å²) < 4.78 is 23.0. The molecule has 1 saturated heterocycles. The summed E-state index contributed by atoms with van der Waals surface area (Å²) >= 11 is 0. The van der Waals surface area contributed by atoms with E-state index in [2.05, 4.69) is 42.8 Å². The molecule has 5 heteroatoms. The Morgan fingerprint density at radius 1 is 1.10 bits per heavy atom. The van der Waals surface area contributed by atoms with E-state index in [9.17, 15) is 0 Å². The number of rotatable bonds is 7. The normalized spacial score (nSPS) is 18.6. The molecule has 1 aliphatic carbocycles. The van der Waals surface area contributed by atoms with Gasteiger partial charge in [-0.2, -0.15) is 0 Å². The number of nitrogens with zero attached hydrogens (tertiary/aromatic N) is 1. The van der Waals surface area contributed by atoms with E-state index in [4.69, 9.17) is 18.9 Å². The number of ether oxygens (including phenoxy) is 4. The van der Waals surface area contributed by atoms with E-state index < -0.39 is 0 Å². The van der Waals surface area contributed by atoms with Gasteiger partial charge in [0.1, 0.15) is 25.1 Å². The predicted molar refractivity (Wildman–Crippen MR) is 115 cm³/mol. The zero-order valence-electron chi connectivity index (χ0n) is 17.7. The van der Waals surface area contributed by atoms with Gasteiger partial charge in [0.05, 0.1) is 25.5 Å². The van der Waals surface area contributed by atoms with E-state index in [1.165, 1.54) is 12.8 Å². The molecule has 0 bridgehead atoms. The van der Waals surface area contributed by atoms with Crippen molar-refractivity contribution in [1.82, 2.24) is 4.98 Å². The lowest BCUT2D eigenvalue weighted by Gasteiger charge is -2.23. The molecule has 0 N–H and O–H groups in total. The van der Waals surface area contributed by atoms with Crippen LogP contribution in [-0.4, -0.2) is 37.5 Å². The molecule has 30 heavy (non-hydrogen) atoms. The van der Waals surface area contributed by atoms with E-state index in [0.29, 0.717) is 44.8 Å². The van der Waals surface area contributed by atoms with Crippen molar-refractivity contribution in [2.45, 2.75) is 45.3 Å². The van der Waals surface area contributed by atoms with Crippen LogP contribution in [-0.2, 0) is 16.1 Å². The Balaban J connectivity index is 1.37. The summed E-state index contributed by atoms with van der Waals surface area (Å²) in [4.78, 5) is 4.64. The van der Waals surface area contributed by atoms with Crippen LogP contribution < -0.4 is 9.47 Å². The molecule has 2 heterocycles. The van der Waals surface area contributed by atoms with Crippen molar-refractivity contribution in [3.05, 3.63) is 53.2 Å². The Bertz CT molecular complexity index is 888. The fourth-order valence-electron chi connectivity index (χ4n) is 3.03. The van der Waals surface area contributed by atoms with Gasteiger partial charge < -0.3 is 18.9 Å². The predicted octanol–water partition coefficient (Wildman–Crippen LogP) is 4.34. The Kier molecular flexibility index (Phi) is 6.88. The lowest BCUT2D eigenvalue weighted by molar-refractivity contribution is -0.101. The molecule has 1 saturated carbocycles. The third-order valence-corrected chi connectivity index (χ3v) is 5.05. The summed E-state index contributed by atoms with van der Waals surface area (Å²) in [5, 5.41) is 0. The van der Waals surface area contributed by atoms with Crippen molar-refractivity contribution in [3.63, 3.8) is 0 Å². The van der Waals surface area contributed by atoms with Gasteiger partial charge in [-0.25, -0.2) is 4.98 Å². The van der Waals surface area contributed by atoms with Gasteiger partial charge in [-0.15, -0.1) is 0 Å². The van der Waals surface area contributed by atoms with Crippen molar-refractivity contribution in [2.75, 3.05) is 26.4 Å². The van der Waals surface area contributed by atoms with Crippen molar-refractivity contribution in [3.8, 4) is 23.5 Å². The molecule has 1 aromatic carbocycles. The average molecular weight is 408 g/mol. The first kappa shape index (κ1) is 20.7. The van der Waals surface area contributed by atoms with E-state index in [-0.39, 0.29) is 12.0 Å². The second-order valence-corrected chi connectivity index (χ2v) is 8.13. The standard InChI is InChI=1S/C25H29NO4/c1-18(2)24-13-22(29-17-23-16-27-11-12-28-23)14-25(26-24)30-15-21-9-7-20(8-10-21)6-5-19-3-4-19/h7-10,13-14,18-19,23H,3-4,11-12,15-17H2,1-2H3/t23-/m1/s1. The highest BCUT2D eigenvalue weighted by Crippen LogP contribution is 2.28. The van der Waals surface area contributed by atoms with Crippen LogP contribution in [0.4, 0.5) is 0 Å². The van der Waals surface area contributed by atoms with Crippen molar-refractivity contribution in [1.29, 1.82) is 0 Å². The fourth-order valence-corrected chi connectivity index (χ4v) is 3.03. The summed E-state index contributed by atoms with van der Waals surface area (Å²) in [6.07, 6.45) is 2.45. The molecule has 5 nitrogen and oxygen atoms in total. The summed E-state index contributed by atoms with van der Waals surface area (Å²) in [5.74, 6) is 8.71. The number of pyridine rings is 1. The first-order valence-corrected chi connectivity index (χ1v) is 10.7. The molecule has 1 atom stereocenters. The summed E-state index contributed by atoms with van der Waals surface area (Å²) in [7, 11) is 0. The van der Waals surface area contributed by atoms with E-state index in [1.54, 1.807) is 0 Å². The Morgan fingerprint density at radius 2 is 1.93 bits per heavy atom. The molecular weight excluding hydrogens is 378 g/mol. The van der Waals surface area contributed by atoms with Gasteiger partial charge in [-0.3, -0.25) is 0 Å². The van der Waals surface area contributed by atoms with Crippen molar-refractivity contribution >= 4 is 0 Å². The highest BCUT2D eigenvalue weighted by atomic mass is 16.6. The van der Waals surface area contributed by atoms with Crippen LogP contribution in [0.25, 0.3) is 0 Å². The number of hydrogen-bond donors (Lipinski definition) is 0. The topological polar surface area (TPSA) is 49.8 Å². The molecule has 4 rings (SSSR count). The minimum Gasteiger partial charge on any atom is -0.491 e. The van der Waals surface area contributed by atoms with E-state index >= 15 is 0 Å². The molecule has 0 radical (unpaired) electrons. The maximum absolute atomic E-state index is 5.98. The first-order valence-electron chi connectivity index (χ1n) is 10.7. The van der Waals surface area contributed by atoms with Crippen LogP contribution in [0.5, 0.6) is 11.6 Å². The lowest BCUT2D eigenvalue weighted by atomic mass is 10.1. The SMILES string of the molecule is CC(C)c1cc(OC[C@H]2COCCO2)cc(OCc2ccc(C#CC3CC3)cc2)n1. The second kappa shape index (κ2) is 9.97. The van der Waals surface area contributed by atoms with Crippen LogP contribution in [0.2, 0.25) is 0 Å². The minimum absolute atomic E-state index is 0.0414. The zero-order chi connectivity index (χ0) is 20.8. The van der Waals surface area contributed by atoms with Gasteiger partial charge in [0.15, 0.2) is 0 Å². The smallest absolute Gasteiger partial charge is 0.217 e. The highest BCUT2D eigenvalue weighted by Gasteiger charge is 2.18. The van der Waals surface area contributed by atoms with Crippen LogP contribution in [0.15, 0.2) is 36.4 Å². The maximum atomic E-state index is 5.98. The second-order valence-electron chi connectivity index (χ2n) is 8.13. The zero-order valence-corrected chi connectivity index (χ0v) is 17.7. The summed E-state index contributed by atoms with van der Waals surface area (Å²) in [5.41, 5.74) is 3.07. The summed E-state index contributed by atoms with van der Waals surface area (Å²) in [6.45, 7) is 6.93. The van der Waals surface area contributed by atoms with E-state index in [1.807, 2.05) is 24.3 Å². The number of hydrogen-bond acceptors (Lipinski definition) is 5. The molecule has 0 unspecified atom stereocenters. The molecule has 0 spiro atoms. The molecular formula is C25H29NO4. The molecule has 1 aliphatic heterocycles. The average Bonchev–Trinajstić information content (AvgIpc) is 3.61. The van der Waals surface area contributed by atoms with Crippen LogP contribution in [0.1, 0.15) is 49.4 Å². The van der Waals surface area contributed by atoms with Crippen LogP contribution >= 0.6 is 0 Å². The Morgan fingerprint density at radius 3 is 2.63 bits per heavy atom. The van der Waals surface area contributed by atoms with Crippen molar-refractivity contribution < 1.29 is 18.9 Å². The van der Waals surface area contributed by atoms with Gasteiger partial charge >= 0.3 is 0 Å². The Labute approximate surface area is 178 Å². The van der Waals surface area contributed by atoms with Gasteiger partial charge in [-0.1, -0.05) is 37.8 Å². The minimum atomic E-state index is -0.0414. The molecule has 2 aromatic rings. The van der Waals surface area contributed by atoms with Crippen LogP contribution in [0.3, 0.4) is 0 Å². The first-order chi connectivity index (χ1) is 14.7. The largest absolute Gasteiger partial charge is 0.491 e. The molecule has 0 amide bonds. The van der Waals surface area contributed by atoms with Gasteiger partial charge in [-0.05, 0) is 36.5 Å². The highest BCUT2D eigenvalue weighted by molar-refractivity contribution is 5.37. The molecule has 2 aliphatic rings. The quantitative estimate of drug-likeness (QED) is 0.639. The lowest BCUT2D eigenvalue weighted by Crippen LogP contribution is -2.33. The van der Waals surface area contributed by atoms with Gasteiger partial charge in [0.2, 0.25) is 5.88 Å². The molecule has 1 aromatic heterocycles. The maximum Gasteiger partial charge on any atom is 0.217 e. The number of aromatic nitrogens is 1. The third kappa shape index (κ3) is 6.22. The Hall–Kier alpha value is -2.55. The molecule has 158 valence electrons. The summed E-state index contributed by atoms with van der Waals surface area (Å²) in [6, 6.07) is 12.0. The fraction of sp³-hybridized carbons (Fsp3) is 0.480. The number of benzene rings is 1. The monoisotopic (exact) mass is 407 g/mol.